The summed E-state index contributed by atoms with van der Waals surface area (Å²) in [5, 5.41) is 12.6. The summed E-state index contributed by atoms with van der Waals surface area (Å²) in [6.45, 7) is 1.79. The van der Waals surface area contributed by atoms with E-state index >= 15 is 0 Å². The van der Waals surface area contributed by atoms with Gasteiger partial charge in [-0.25, -0.2) is 4.39 Å². The number of carbonyl (C=O) groups is 2. The molecule has 9 heteroatoms. The Balaban J connectivity index is 1.47. The molecule has 0 saturated carbocycles. The summed E-state index contributed by atoms with van der Waals surface area (Å²) in [6, 6.07) is 8.49. The van der Waals surface area contributed by atoms with Crippen LogP contribution in [0.15, 0.2) is 54.2 Å². The summed E-state index contributed by atoms with van der Waals surface area (Å²) in [5.74, 6) is -2.36. The highest BCUT2D eigenvalue weighted by Gasteiger charge is 2.34. The van der Waals surface area contributed by atoms with Gasteiger partial charge in [0.15, 0.2) is 11.6 Å². The number of benzene rings is 2. The van der Waals surface area contributed by atoms with Crippen LogP contribution in [0.5, 0.6) is 5.75 Å². The number of aromatic hydroxyl groups is 1. The average Bonchev–Trinajstić information content (AvgIpc) is 3.23. The van der Waals surface area contributed by atoms with Gasteiger partial charge in [0.05, 0.1) is 23.1 Å². The number of hydrogen-bond acceptors (Lipinski definition) is 5. The van der Waals surface area contributed by atoms with Crippen LogP contribution in [0.3, 0.4) is 0 Å². The molecule has 0 aliphatic heterocycles. The molecule has 3 aromatic rings. The van der Waals surface area contributed by atoms with Gasteiger partial charge < -0.3 is 10.4 Å². The van der Waals surface area contributed by atoms with Crippen molar-refractivity contribution < 1.29 is 32.3 Å². The Labute approximate surface area is 198 Å². The lowest BCUT2D eigenvalue weighted by molar-refractivity contribution is -0.138. The number of alkyl halides is 3. The second-order valence-corrected chi connectivity index (χ2v) is 8.27. The molecule has 0 saturated heterocycles. The molecular formula is C26H20F4N2O3. The van der Waals surface area contributed by atoms with Gasteiger partial charge in [-0.15, -0.1) is 0 Å². The minimum Gasteiger partial charge on any atom is -0.507 e. The maximum absolute atomic E-state index is 14.4. The van der Waals surface area contributed by atoms with Gasteiger partial charge in [0.1, 0.15) is 11.6 Å². The lowest BCUT2D eigenvalue weighted by Gasteiger charge is -2.12. The highest BCUT2D eigenvalue weighted by molar-refractivity contribution is 6.00. The van der Waals surface area contributed by atoms with Crippen LogP contribution in [-0.4, -0.2) is 21.7 Å². The lowest BCUT2D eigenvalue weighted by atomic mass is 9.99. The van der Waals surface area contributed by atoms with Gasteiger partial charge >= 0.3 is 6.18 Å². The number of phenolic OH excluding ortho intramolecular Hbond substituents is 1. The fraction of sp³-hybridized carbons (Fsp3) is 0.192. The normalized spacial score (nSPS) is 12.8. The number of hydrogen-bond donors (Lipinski definition) is 2. The number of anilines is 1. The highest BCUT2D eigenvalue weighted by atomic mass is 19.4. The van der Waals surface area contributed by atoms with Crippen molar-refractivity contribution in [1.29, 1.82) is 0 Å². The zero-order valence-electron chi connectivity index (χ0n) is 18.5. The first-order valence-corrected chi connectivity index (χ1v) is 10.7. The first kappa shape index (κ1) is 24.1. The number of nitrogens with zero attached hydrogens (tertiary/aromatic N) is 1. The van der Waals surface area contributed by atoms with Crippen LogP contribution in [0.1, 0.15) is 45.2 Å². The van der Waals surface area contributed by atoms with Crippen LogP contribution in [0, 0.1) is 5.82 Å². The molecule has 0 amide bonds. The van der Waals surface area contributed by atoms with E-state index in [-0.39, 0.29) is 23.5 Å². The summed E-state index contributed by atoms with van der Waals surface area (Å²) in [5.41, 5.74) is 2.12. The molecule has 0 unspecified atom stereocenters. The van der Waals surface area contributed by atoms with Crippen LogP contribution >= 0.6 is 0 Å². The number of nitrogens with one attached hydrogen (secondary N) is 1. The Bertz CT molecular complexity index is 1360. The van der Waals surface area contributed by atoms with Crippen molar-refractivity contribution in [2.75, 3.05) is 5.32 Å². The quantitative estimate of drug-likeness (QED) is 0.342. The Morgan fingerprint density at radius 2 is 1.89 bits per heavy atom. The summed E-state index contributed by atoms with van der Waals surface area (Å²) >= 11 is 0. The van der Waals surface area contributed by atoms with Crippen LogP contribution in [0.2, 0.25) is 0 Å². The molecule has 0 bridgehead atoms. The summed E-state index contributed by atoms with van der Waals surface area (Å²) in [6.07, 6.45) is -1.35. The fourth-order valence-electron chi connectivity index (χ4n) is 3.81. The molecule has 0 atom stereocenters. The molecule has 1 heterocycles. The first-order chi connectivity index (χ1) is 16.5. The maximum atomic E-state index is 14.4. The summed E-state index contributed by atoms with van der Waals surface area (Å²) < 4.78 is 53.4. The zero-order chi connectivity index (χ0) is 25.3. The maximum Gasteiger partial charge on any atom is 0.419 e. The number of halogens is 4. The van der Waals surface area contributed by atoms with Gasteiger partial charge in [-0.1, -0.05) is 12.1 Å². The van der Waals surface area contributed by atoms with Crippen molar-refractivity contribution in [3.63, 3.8) is 0 Å². The second-order valence-electron chi connectivity index (χ2n) is 8.27. The van der Waals surface area contributed by atoms with E-state index in [0.717, 1.165) is 23.4 Å². The number of Topliss-reactive ketones (excluding diaryl/α,β-unsaturated/α-hetero) is 2. The fourth-order valence-corrected chi connectivity index (χ4v) is 3.81. The van der Waals surface area contributed by atoms with Crippen molar-refractivity contribution in [3.8, 4) is 5.75 Å². The number of pyridine rings is 1. The highest BCUT2D eigenvalue weighted by Crippen LogP contribution is 2.36. The monoisotopic (exact) mass is 484 g/mol. The number of aromatic nitrogens is 1. The molecule has 1 aliphatic rings. The molecule has 0 fully saturated rings. The predicted molar refractivity (Wildman–Crippen MR) is 121 cm³/mol. The molecular weight excluding hydrogens is 464 g/mol. The van der Waals surface area contributed by atoms with E-state index in [1.807, 2.05) is 6.07 Å². The molecule has 35 heavy (non-hydrogen) atoms. The third kappa shape index (κ3) is 5.40. The number of ketones is 2. The van der Waals surface area contributed by atoms with E-state index in [2.05, 4.69) is 10.3 Å². The summed E-state index contributed by atoms with van der Waals surface area (Å²) in [4.78, 5) is 28.5. The SMILES string of the molecule is CC(=O)C1=Cc2cc(NCc3ccc(F)c(CC(=O)c4ccc(O)c(C(F)(F)F)c4)c3)cnc2C1. The van der Waals surface area contributed by atoms with E-state index in [1.54, 1.807) is 12.3 Å². The number of phenols is 1. The number of allylic oxidation sites excluding steroid dienone is 1. The number of carbonyl (C=O) groups excluding carboxylic acids is 2. The predicted octanol–water partition coefficient (Wildman–Crippen LogP) is 5.51. The van der Waals surface area contributed by atoms with Gasteiger partial charge in [0, 0.05) is 30.5 Å². The smallest absolute Gasteiger partial charge is 0.419 e. The van der Waals surface area contributed by atoms with Gasteiger partial charge in [0.2, 0.25) is 0 Å². The molecule has 2 aromatic carbocycles. The Kier molecular flexibility index (Phi) is 6.43. The Morgan fingerprint density at radius 1 is 1.11 bits per heavy atom. The van der Waals surface area contributed by atoms with Crippen molar-refractivity contribution in [1.82, 2.24) is 4.98 Å². The Hall–Kier alpha value is -4.01. The largest absolute Gasteiger partial charge is 0.507 e. The molecule has 1 aromatic heterocycles. The van der Waals surface area contributed by atoms with E-state index < -0.39 is 35.5 Å². The number of fused-ring (bicyclic) bond motifs is 1. The van der Waals surface area contributed by atoms with Crippen molar-refractivity contribution in [3.05, 3.63) is 93.6 Å². The third-order valence-electron chi connectivity index (χ3n) is 5.73. The van der Waals surface area contributed by atoms with Gasteiger partial charge in [-0.2, -0.15) is 13.2 Å². The molecule has 4 rings (SSSR count). The molecule has 1 aliphatic carbocycles. The number of rotatable bonds is 7. The Morgan fingerprint density at radius 3 is 2.60 bits per heavy atom. The van der Waals surface area contributed by atoms with Gasteiger partial charge in [-0.05, 0) is 60.0 Å². The third-order valence-corrected chi connectivity index (χ3v) is 5.73. The van der Waals surface area contributed by atoms with Crippen LogP contribution in [0.4, 0.5) is 23.2 Å². The lowest BCUT2D eigenvalue weighted by Crippen LogP contribution is -2.10. The standard InChI is InChI=1S/C26H20F4N2O3/c1-14(33)17-7-19-8-20(13-32-23(19)10-17)31-12-15-2-4-22(27)18(6-15)11-25(35)16-3-5-24(34)21(9-16)26(28,29)30/h2-9,13,31,34H,10-12H2,1H3. The topological polar surface area (TPSA) is 79.3 Å². The zero-order valence-corrected chi connectivity index (χ0v) is 18.5. The molecule has 2 N–H and O–H groups in total. The van der Waals surface area contributed by atoms with E-state index in [0.29, 0.717) is 29.3 Å². The van der Waals surface area contributed by atoms with Crippen LogP contribution in [0.25, 0.3) is 6.08 Å². The van der Waals surface area contributed by atoms with E-state index in [9.17, 15) is 32.3 Å². The first-order valence-electron chi connectivity index (χ1n) is 10.7. The summed E-state index contributed by atoms with van der Waals surface area (Å²) in [7, 11) is 0. The van der Waals surface area contributed by atoms with Gasteiger partial charge in [-0.3, -0.25) is 14.6 Å². The van der Waals surface area contributed by atoms with Crippen molar-refractivity contribution in [2.45, 2.75) is 32.5 Å². The molecule has 0 radical (unpaired) electrons. The average molecular weight is 484 g/mol. The molecule has 0 spiro atoms. The van der Waals surface area contributed by atoms with Crippen LogP contribution in [-0.2, 0) is 30.4 Å². The molecule has 180 valence electrons. The van der Waals surface area contributed by atoms with Gasteiger partial charge in [0.25, 0.3) is 0 Å². The van der Waals surface area contributed by atoms with E-state index in [4.69, 9.17) is 0 Å². The second kappa shape index (κ2) is 9.32. The van der Waals surface area contributed by atoms with Crippen molar-refractivity contribution >= 4 is 23.3 Å². The minimum atomic E-state index is -4.83. The minimum absolute atomic E-state index is 0.00664. The molecule has 5 nitrogen and oxygen atoms in total. The van der Waals surface area contributed by atoms with E-state index in [1.165, 1.54) is 25.1 Å². The van der Waals surface area contributed by atoms with Crippen LogP contribution < -0.4 is 5.32 Å². The van der Waals surface area contributed by atoms with Crippen molar-refractivity contribution in [2.24, 2.45) is 0 Å².